The van der Waals surface area contributed by atoms with Gasteiger partial charge in [0.15, 0.2) is 10.8 Å². The quantitative estimate of drug-likeness (QED) is 0.908. The summed E-state index contributed by atoms with van der Waals surface area (Å²) < 4.78 is 13.4. The van der Waals surface area contributed by atoms with Gasteiger partial charge >= 0.3 is 0 Å². The van der Waals surface area contributed by atoms with E-state index < -0.39 is 11.7 Å². The Morgan fingerprint density at radius 3 is 2.72 bits per heavy atom. The van der Waals surface area contributed by atoms with Crippen LogP contribution >= 0.6 is 11.6 Å². The van der Waals surface area contributed by atoms with Crippen molar-refractivity contribution in [3.8, 4) is 0 Å². The zero-order valence-electron chi connectivity index (χ0n) is 9.45. The van der Waals surface area contributed by atoms with Crippen molar-refractivity contribution in [1.29, 1.82) is 0 Å². The molecule has 1 heterocycles. The molecule has 6 heteroatoms. The summed E-state index contributed by atoms with van der Waals surface area (Å²) in [4.78, 5) is 11.8. The number of hydrogen-bond donors (Lipinski definition) is 1. The van der Waals surface area contributed by atoms with Crippen LogP contribution in [0.15, 0.2) is 30.3 Å². The summed E-state index contributed by atoms with van der Waals surface area (Å²) in [5.74, 6) is -1.04. The Balaban J connectivity index is 2.21. The third-order valence-electron chi connectivity index (χ3n) is 2.23. The Morgan fingerprint density at radius 1 is 1.28 bits per heavy atom. The van der Waals surface area contributed by atoms with Crippen molar-refractivity contribution in [3.63, 3.8) is 0 Å². The molecule has 1 aromatic carbocycles. The molecule has 0 aliphatic rings. The number of anilines is 1. The predicted molar refractivity (Wildman–Crippen MR) is 66.1 cm³/mol. The monoisotopic (exact) mass is 265 g/mol. The first-order valence-electron chi connectivity index (χ1n) is 5.13. The predicted octanol–water partition coefficient (Wildman–Crippen LogP) is 2.83. The zero-order chi connectivity index (χ0) is 13.1. The van der Waals surface area contributed by atoms with E-state index in [2.05, 4.69) is 15.5 Å². The number of hydrogen-bond acceptors (Lipinski definition) is 3. The number of carbonyl (C=O) groups excluding carboxylic acids is 1. The van der Waals surface area contributed by atoms with E-state index in [1.165, 1.54) is 24.3 Å². The van der Waals surface area contributed by atoms with E-state index in [0.29, 0.717) is 0 Å². The summed E-state index contributed by atoms with van der Waals surface area (Å²) in [6, 6.07) is 7.30. The molecule has 2 aromatic rings. The number of halogens is 2. The Morgan fingerprint density at radius 2 is 2.06 bits per heavy atom. The van der Waals surface area contributed by atoms with Gasteiger partial charge in [-0.2, -0.15) is 0 Å². The van der Waals surface area contributed by atoms with Crippen LogP contribution in [-0.2, 0) is 0 Å². The van der Waals surface area contributed by atoms with Crippen LogP contribution in [0.25, 0.3) is 0 Å². The first kappa shape index (κ1) is 12.4. The fraction of sp³-hybridized carbons (Fsp3) is 0.0833. The summed E-state index contributed by atoms with van der Waals surface area (Å²) in [7, 11) is 0. The third-order valence-corrected chi connectivity index (χ3v) is 2.44. The Bertz CT molecular complexity index is 586. The van der Waals surface area contributed by atoms with E-state index in [0.717, 1.165) is 5.56 Å². The van der Waals surface area contributed by atoms with Gasteiger partial charge in [-0.25, -0.2) is 4.39 Å². The molecule has 1 aromatic heterocycles. The molecule has 0 radical (unpaired) electrons. The Labute approximate surface area is 108 Å². The summed E-state index contributed by atoms with van der Waals surface area (Å²) in [5.41, 5.74) is 1.02. The van der Waals surface area contributed by atoms with Crippen molar-refractivity contribution in [1.82, 2.24) is 10.2 Å². The number of rotatable bonds is 2. The molecule has 0 aliphatic carbocycles. The van der Waals surface area contributed by atoms with Crippen molar-refractivity contribution in [2.75, 3.05) is 5.32 Å². The van der Waals surface area contributed by atoms with E-state index in [-0.39, 0.29) is 16.5 Å². The molecule has 0 spiro atoms. The Kier molecular flexibility index (Phi) is 3.53. The van der Waals surface area contributed by atoms with Crippen molar-refractivity contribution < 1.29 is 9.18 Å². The highest BCUT2D eigenvalue weighted by Crippen LogP contribution is 2.16. The summed E-state index contributed by atoms with van der Waals surface area (Å²) in [5, 5.41) is 9.77. The van der Waals surface area contributed by atoms with Gasteiger partial charge < -0.3 is 5.32 Å². The van der Waals surface area contributed by atoms with Crippen LogP contribution in [0.5, 0.6) is 0 Å². The van der Waals surface area contributed by atoms with Crippen LogP contribution in [0.3, 0.4) is 0 Å². The smallest absolute Gasteiger partial charge is 0.276 e. The summed E-state index contributed by atoms with van der Waals surface area (Å²) in [6.07, 6.45) is 0. The van der Waals surface area contributed by atoms with Gasteiger partial charge in [-0.15, -0.1) is 10.2 Å². The standard InChI is InChI=1S/C12H9ClFN3O/c1-7-2-3-8(14)10(6-7)15-12(18)9-4-5-11(13)17-16-9/h2-6H,1H3,(H,15,18). The van der Waals surface area contributed by atoms with Gasteiger partial charge in [-0.05, 0) is 36.8 Å². The highest BCUT2D eigenvalue weighted by Gasteiger charge is 2.11. The molecule has 0 aliphatic heterocycles. The molecular formula is C12H9ClFN3O. The molecule has 0 bridgehead atoms. The van der Waals surface area contributed by atoms with E-state index >= 15 is 0 Å². The third kappa shape index (κ3) is 2.81. The SMILES string of the molecule is Cc1ccc(F)c(NC(=O)c2ccc(Cl)nn2)c1. The van der Waals surface area contributed by atoms with E-state index in [9.17, 15) is 9.18 Å². The van der Waals surface area contributed by atoms with Crippen LogP contribution in [0, 0.1) is 12.7 Å². The summed E-state index contributed by atoms with van der Waals surface area (Å²) >= 11 is 5.56. The van der Waals surface area contributed by atoms with Crippen LogP contribution < -0.4 is 5.32 Å². The lowest BCUT2D eigenvalue weighted by molar-refractivity contribution is 0.102. The van der Waals surface area contributed by atoms with Gasteiger partial charge in [-0.1, -0.05) is 17.7 Å². The fourth-order valence-electron chi connectivity index (χ4n) is 1.36. The van der Waals surface area contributed by atoms with Crippen LogP contribution in [0.4, 0.5) is 10.1 Å². The van der Waals surface area contributed by atoms with Crippen molar-refractivity contribution in [2.24, 2.45) is 0 Å². The van der Waals surface area contributed by atoms with Gasteiger partial charge in [0.1, 0.15) is 5.82 Å². The molecule has 1 N–H and O–H groups in total. The van der Waals surface area contributed by atoms with Gasteiger partial charge in [0, 0.05) is 0 Å². The second-order valence-corrected chi connectivity index (χ2v) is 4.07. The highest BCUT2D eigenvalue weighted by molar-refractivity contribution is 6.29. The molecule has 18 heavy (non-hydrogen) atoms. The minimum Gasteiger partial charge on any atom is -0.318 e. The maximum atomic E-state index is 13.4. The average molecular weight is 266 g/mol. The van der Waals surface area contributed by atoms with Crippen LogP contribution in [-0.4, -0.2) is 16.1 Å². The number of nitrogens with one attached hydrogen (secondary N) is 1. The maximum Gasteiger partial charge on any atom is 0.276 e. The highest BCUT2D eigenvalue weighted by atomic mass is 35.5. The van der Waals surface area contributed by atoms with E-state index in [1.807, 2.05) is 0 Å². The number of carbonyl (C=O) groups is 1. The molecule has 0 saturated heterocycles. The van der Waals surface area contributed by atoms with Crippen LogP contribution in [0.2, 0.25) is 5.15 Å². The van der Waals surface area contributed by atoms with E-state index in [1.54, 1.807) is 13.0 Å². The van der Waals surface area contributed by atoms with E-state index in [4.69, 9.17) is 11.6 Å². The topological polar surface area (TPSA) is 54.9 Å². The maximum absolute atomic E-state index is 13.4. The van der Waals surface area contributed by atoms with Gasteiger partial charge in [0.25, 0.3) is 5.91 Å². The summed E-state index contributed by atoms with van der Waals surface area (Å²) in [6.45, 7) is 1.80. The second-order valence-electron chi connectivity index (χ2n) is 3.68. The molecular weight excluding hydrogens is 257 g/mol. The molecule has 0 atom stereocenters. The first-order chi connectivity index (χ1) is 8.56. The molecule has 2 rings (SSSR count). The van der Waals surface area contributed by atoms with Crippen molar-refractivity contribution in [2.45, 2.75) is 6.92 Å². The molecule has 0 saturated carbocycles. The lowest BCUT2D eigenvalue weighted by Gasteiger charge is -2.06. The normalized spacial score (nSPS) is 10.2. The largest absolute Gasteiger partial charge is 0.318 e. The van der Waals surface area contributed by atoms with Crippen LogP contribution in [0.1, 0.15) is 16.1 Å². The van der Waals surface area contributed by atoms with Gasteiger partial charge in [0.05, 0.1) is 5.69 Å². The number of nitrogens with zero attached hydrogens (tertiary/aromatic N) is 2. The zero-order valence-corrected chi connectivity index (χ0v) is 10.2. The molecule has 0 fully saturated rings. The van der Waals surface area contributed by atoms with Crippen molar-refractivity contribution >= 4 is 23.2 Å². The molecule has 0 unspecified atom stereocenters. The second kappa shape index (κ2) is 5.10. The lowest BCUT2D eigenvalue weighted by atomic mass is 10.2. The molecule has 1 amide bonds. The minimum atomic E-state index is -0.538. The van der Waals surface area contributed by atoms with Gasteiger partial charge in [-0.3, -0.25) is 4.79 Å². The fourth-order valence-corrected chi connectivity index (χ4v) is 1.46. The number of amides is 1. The Hall–Kier alpha value is -2.01. The van der Waals surface area contributed by atoms with Gasteiger partial charge in [0.2, 0.25) is 0 Å². The number of benzene rings is 1. The average Bonchev–Trinajstić information content (AvgIpc) is 2.34. The molecule has 4 nitrogen and oxygen atoms in total. The number of aromatic nitrogens is 2. The minimum absolute atomic E-state index is 0.0697. The lowest BCUT2D eigenvalue weighted by Crippen LogP contribution is -2.15. The number of aryl methyl sites for hydroxylation is 1. The molecule has 92 valence electrons. The van der Waals surface area contributed by atoms with Crippen molar-refractivity contribution in [3.05, 3.63) is 52.6 Å². The first-order valence-corrected chi connectivity index (χ1v) is 5.51.